The van der Waals surface area contributed by atoms with Gasteiger partial charge in [-0.25, -0.2) is 22.8 Å². The van der Waals surface area contributed by atoms with E-state index in [1.807, 2.05) is 0 Å². The van der Waals surface area contributed by atoms with E-state index in [2.05, 4.69) is 41.5 Å². The van der Waals surface area contributed by atoms with Crippen LogP contribution >= 0.6 is 15.9 Å². The summed E-state index contributed by atoms with van der Waals surface area (Å²) >= 11 is 3.35. The molecule has 1 N–H and O–H groups in total. The van der Waals surface area contributed by atoms with E-state index in [1.165, 1.54) is 27.7 Å². The number of alkyl halides is 2. The summed E-state index contributed by atoms with van der Waals surface area (Å²) in [5, 5.41) is 15.6. The second-order valence-electron chi connectivity index (χ2n) is 8.40. The molecule has 5 aromatic rings. The molecule has 4 heterocycles. The smallest absolute Gasteiger partial charge is 0.264 e. The molecule has 0 bridgehead atoms. The fourth-order valence-electron chi connectivity index (χ4n) is 4.04. The number of carbonyl (C=O) groups is 1. The quantitative estimate of drug-likeness (QED) is 0.300. The van der Waals surface area contributed by atoms with E-state index in [0.29, 0.717) is 27.0 Å². The van der Waals surface area contributed by atoms with Crippen LogP contribution in [0.1, 0.15) is 23.2 Å². The molecule has 9 nitrogen and oxygen atoms in total. The van der Waals surface area contributed by atoms with E-state index in [-0.39, 0.29) is 41.3 Å². The van der Waals surface area contributed by atoms with Crippen LogP contribution in [0.15, 0.2) is 53.4 Å². The van der Waals surface area contributed by atoms with Crippen molar-refractivity contribution in [2.24, 2.45) is 7.05 Å². The summed E-state index contributed by atoms with van der Waals surface area (Å²) in [5.41, 5.74) is 1.58. The van der Waals surface area contributed by atoms with Gasteiger partial charge in [-0.3, -0.25) is 14.2 Å². The highest BCUT2D eigenvalue weighted by molar-refractivity contribution is 9.10. The molecule has 4 aromatic heterocycles. The fraction of sp³-hybridized carbons (Fsp3) is 0.208. The number of hydrogen-bond acceptors (Lipinski definition) is 5. The predicted molar refractivity (Wildman–Crippen MR) is 133 cm³/mol. The summed E-state index contributed by atoms with van der Waals surface area (Å²) in [7, 11) is 1.71. The highest BCUT2D eigenvalue weighted by Crippen LogP contribution is 2.33. The lowest BCUT2D eigenvalue weighted by Crippen LogP contribution is -2.20. The summed E-state index contributed by atoms with van der Waals surface area (Å²) in [6.45, 7) is 1.47. The van der Waals surface area contributed by atoms with Gasteiger partial charge >= 0.3 is 0 Å². The Hall–Kier alpha value is -4.00. The average Bonchev–Trinajstić information content (AvgIpc) is 3.52. The third kappa shape index (κ3) is 4.99. The van der Waals surface area contributed by atoms with Crippen LogP contribution in [0.3, 0.4) is 0 Å². The van der Waals surface area contributed by atoms with E-state index in [4.69, 9.17) is 0 Å². The summed E-state index contributed by atoms with van der Waals surface area (Å²) in [5.74, 6) is -0.623. The number of amides is 1. The topological polar surface area (TPSA) is 95.5 Å². The Balaban J connectivity index is 1.42. The second kappa shape index (κ2) is 9.81. The molecule has 1 aromatic carbocycles. The first-order valence-corrected chi connectivity index (χ1v) is 11.9. The van der Waals surface area contributed by atoms with Gasteiger partial charge in [0.25, 0.3) is 6.43 Å². The second-order valence-corrected chi connectivity index (χ2v) is 9.26. The fourth-order valence-corrected chi connectivity index (χ4v) is 4.46. The summed E-state index contributed by atoms with van der Waals surface area (Å²) in [4.78, 5) is 17.4. The van der Waals surface area contributed by atoms with Crippen LogP contribution in [0.4, 0.5) is 19.0 Å². The molecule has 0 saturated heterocycles. The number of aromatic nitrogens is 7. The Morgan fingerprint density at radius 2 is 1.97 bits per heavy atom. The number of pyridine rings is 1. The molecule has 13 heteroatoms. The SMILES string of the molecule is Cc1nn(CC(=O)Nc2nn(Cc3ccccc3F)cc2Br)c2nc(-c3cnn(C)c3)cc(C(F)F)c12. The van der Waals surface area contributed by atoms with Gasteiger partial charge in [0, 0.05) is 36.1 Å². The molecule has 190 valence electrons. The molecule has 37 heavy (non-hydrogen) atoms. The standard InChI is InChI=1S/C24H20BrF3N8O/c1-13-21-16(22(27)28)7-19(15-8-29-34(2)9-15)30-24(21)36(32-13)12-20(37)31-23-17(25)11-35(33-23)10-14-5-3-4-6-18(14)26/h3-9,11,22H,10,12H2,1-2H3,(H,31,33,37). The van der Waals surface area contributed by atoms with Crippen molar-refractivity contribution >= 4 is 38.7 Å². The van der Waals surface area contributed by atoms with Crippen LogP contribution in [-0.2, 0) is 24.9 Å². The van der Waals surface area contributed by atoms with E-state index < -0.39 is 12.3 Å². The number of carbonyl (C=O) groups excluding carboxylic acids is 1. The molecule has 0 atom stereocenters. The largest absolute Gasteiger partial charge is 0.307 e. The third-order valence-electron chi connectivity index (χ3n) is 5.70. The van der Waals surface area contributed by atoms with Crippen molar-refractivity contribution in [3.8, 4) is 11.3 Å². The van der Waals surface area contributed by atoms with Gasteiger partial charge in [-0.15, -0.1) is 0 Å². The highest BCUT2D eigenvalue weighted by atomic mass is 79.9. The van der Waals surface area contributed by atoms with Crippen LogP contribution in [0.2, 0.25) is 0 Å². The maximum atomic E-state index is 14.0. The molecule has 0 saturated carbocycles. The van der Waals surface area contributed by atoms with E-state index in [1.54, 1.807) is 49.2 Å². The number of rotatable bonds is 7. The maximum Gasteiger partial charge on any atom is 0.264 e. The van der Waals surface area contributed by atoms with Crippen LogP contribution in [0.5, 0.6) is 0 Å². The highest BCUT2D eigenvalue weighted by Gasteiger charge is 2.23. The first-order valence-electron chi connectivity index (χ1n) is 11.1. The Bertz CT molecular complexity index is 1620. The van der Waals surface area contributed by atoms with Gasteiger partial charge in [0.1, 0.15) is 12.4 Å². The van der Waals surface area contributed by atoms with Gasteiger partial charge < -0.3 is 5.32 Å². The van der Waals surface area contributed by atoms with E-state index in [9.17, 15) is 18.0 Å². The van der Waals surface area contributed by atoms with Crippen LogP contribution < -0.4 is 5.32 Å². The van der Waals surface area contributed by atoms with Crippen molar-refractivity contribution in [3.05, 3.63) is 76.0 Å². The van der Waals surface area contributed by atoms with Crippen molar-refractivity contribution in [1.82, 2.24) is 34.3 Å². The lowest BCUT2D eigenvalue weighted by atomic mass is 10.1. The Morgan fingerprint density at radius 3 is 2.68 bits per heavy atom. The molecule has 0 aliphatic rings. The van der Waals surface area contributed by atoms with E-state index >= 15 is 0 Å². The first-order chi connectivity index (χ1) is 17.7. The number of halogens is 4. The zero-order valence-corrected chi connectivity index (χ0v) is 21.2. The summed E-state index contributed by atoms with van der Waals surface area (Å²) < 4.78 is 46.7. The zero-order valence-electron chi connectivity index (χ0n) is 19.7. The monoisotopic (exact) mass is 572 g/mol. The lowest BCUT2D eigenvalue weighted by molar-refractivity contribution is -0.116. The minimum Gasteiger partial charge on any atom is -0.307 e. The van der Waals surface area contributed by atoms with Crippen molar-refractivity contribution in [1.29, 1.82) is 0 Å². The Labute approximate surface area is 217 Å². The number of aryl methyl sites for hydroxylation is 2. The van der Waals surface area contributed by atoms with Crippen molar-refractivity contribution in [2.45, 2.75) is 26.4 Å². The molecule has 0 fully saturated rings. The van der Waals surface area contributed by atoms with Crippen molar-refractivity contribution in [2.75, 3.05) is 5.32 Å². The van der Waals surface area contributed by atoms with Gasteiger partial charge in [-0.05, 0) is 35.0 Å². The maximum absolute atomic E-state index is 14.0. The number of fused-ring (bicyclic) bond motifs is 1. The molecule has 0 unspecified atom stereocenters. The molecular formula is C24H20BrF3N8O. The summed E-state index contributed by atoms with van der Waals surface area (Å²) in [6, 6.07) is 7.66. The van der Waals surface area contributed by atoms with Crippen molar-refractivity contribution < 1.29 is 18.0 Å². The number of anilines is 1. The number of hydrogen-bond donors (Lipinski definition) is 1. The third-order valence-corrected chi connectivity index (χ3v) is 6.28. The minimum absolute atomic E-state index is 0.161. The minimum atomic E-state index is -2.76. The van der Waals surface area contributed by atoms with Crippen LogP contribution in [0.25, 0.3) is 22.3 Å². The van der Waals surface area contributed by atoms with E-state index in [0.717, 1.165) is 0 Å². The van der Waals surface area contributed by atoms with Crippen LogP contribution in [-0.4, -0.2) is 40.2 Å². The number of benzene rings is 1. The molecule has 1 amide bonds. The molecule has 5 rings (SSSR count). The van der Waals surface area contributed by atoms with Crippen LogP contribution in [0, 0.1) is 12.7 Å². The lowest BCUT2D eigenvalue weighted by Gasteiger charge is -2.08. The first kappa shape index (κ1) is 24.7. The van der Waals surface area contributed by atoms with Gasteiger partial charge in [0.05, 0.1) is 34.0 Å². The number of nitrogens with zero attached hydrogens (tertiary/aromatic N) is 7. The van der Waals surface area contributed by atoms with Gasteiger partial charge in [-0.2, -0.15) is 15.3 Å². The van der Waals surface area contributed by atoms with Crippen molar-refractivity contribution in [3.63, 3.8) is 0 Å². The summed E-state index contributed by atoms with van der Waals surface area (Å²) in [6.07, 6.45) is 2.05. The average molecular weight is 573 g/mol. The Morgan fingerprint density at radius 1 is 1.19 bits per heavy atom. The van der Waals surface area contributed by atoms with Gasteiger partial charge in [0.2, 0.25) is 5.91 Å². The normalized spacial score (nSPS) is 11.5. The molecule has 0 spiro atoms. The predicted octanol–water partition coefficient (Wildman–Crippen LogP) is 4.86. The molecule has 0 radical (unpaired) electrons. The Kier molecular flexibility index (Phi) is 6.54. The molecule has 0 aliphatic heterocycles. The van der Waals surface area contributed by atoms with Gasteiger partial charge in [-0.1, -0.05) is 18.2 Å². The number of nitrogens with one attached hydrogen (secondary N) is 1. The molecule has 0 aliphatic carbocycles. The molecular weight excluding hydrogens is 553 g/mol. The van der Waals surface area contributed by atoms with Gasteiger partial charge in [0.15, 0.2) is 11.5 Å². The zero-order chi connectivity index (χ0) is 26.3.